The molecule has 10 heteroatoms. The van der Waals surface area contributed by atoms with Gasteiger partial charge in [-0.3, -0.25) is 9.36 Å². The number of ether oxygens (including phenoxy) is 2. The van der Waals surface area contributed by atoms with Crippen LogP contribution in [0.2, 0.25) is 5.02 Å². The predicted octanol–water partition coefficient (Wildman–Crippen LogP) is 5.79. The summed E-state index contributed by atoms with van der Waals surface area (Å²) in [5.74, 6) is 0.0616. The van der Waals surface area contributed by atoms with Gasteiger partial charge in [0.15, 0.2) is 4.80 Å². The van der Waals surface area contributed by atoms with Gasteiger partial charge in [0.05, 0.1) is 29.5 Å². The molecule has 0 amide bonds. The number of hydrogen-bond donors (Lipinski definition) is 0. The summed E-state index contributed by atoms with van der Waals surface area (Å²) in [7, 11) is 1.57. The summed E-state index contributed by atoms with van der Waals surface area (Å²) in [4.78, 5) is 32.9. The Kier molecular flexibility index (Phi) is 8.44. The minimum absolute atomic E-state index is 0.205. The smallest absolute Gasteiger partial charge is 0.338 e. The molecule has 1 atom stereocenters. The van der Waals surface area contributed by atoms with E-state index >= 15 is 0 Å². The normalized spacial score (nSPS) is 15.1. The van der Waals surface area contributed by atoms with Gasteiger partial charge in [0, 0.05) is 32.6 Å². The van der Waals surface area contributed by atoms with E-state index in [9.17, 15) is 9.59 Å². The summed E-state index contributed by atoms with van der Waals surface area (Å²) in [6.07, 6.45) is 5.11. The standard InChI is InChI=1S/C30H27BrClN3O4S/c1-4-7-23-26(29(37)39-5-2)27(22-16-18(31)9-14-24(22)38-3)35-28(36)25(40-30(35)33-23)17-21-8-6-15-34(21)20-12-10-19(32)11-13-20/h6,8-17,27H,4-5,7H2,1-3H3/b25-17+/t27-/m0/s1. The van der Waals surface area contributed by atoms with Gasteiger partial charge in [0.25, 0.3) is 5.56 Å². The molecular weight excluding hydrogens is 614 g/mol. The number of methoxy groups -OCH3 is 1. The molecule has 0 saturated heterocycles. The zero-order valence-electron chi connectivity index (χ0n) is 22.2. The molecule has 0 N–H and O–H groups in total. The van der Waals surface area contributed by atoms with Crippen LogP contribution in [0.5, 0.6) is 5.75 Å². The molecule has 0 spiro atoms. The Morgan fingerprint density at radius 2 is 1.95 bits per heavy atom. The highest BCUT2D eigenvalue weighted by atomic mass is 79.9. The fourth-order valence-electron chi connectivity index (χ4n) is 4.82. The Hall–Kier alpha value is -3.40. The first-order chi connectivity index (χ1) is 19.4. The van der Waals surface area contributed by atoms with Gasteiger partial charge in [-0.25, -0.2) is 9.79 Å². The molecule has 206 valence electrons. The zero-order valence-corrected chi connectivity index (χ0v) is 25.3. The molecule has 0 aliphatic carbocycles. The number of halogens is 2. The largest absolute Gasteiger partial charge is 0.496 e. The number of fused-ring (bicyclic) bond motifs is 1. The minimum atomic E-state index is -0.769. The van der Waals surface area contributed by atoms with Crippen LogP contribution in [0.3, 0.4) is 0 Å². The van der Waals surface area contributed by atoms with Crippen molar-refractivity contribution in [3.05, 3.63) is 113 Å². The Bertz CT molecular complexity index is 1790. The maximum absolute atomic E-state index is 14.1. The molecule has 5 rings (SSSR count). The van der Waals surface area contributed by atoms with Gasteiger partial charge in [-0.15, -0.1) is 0 Å². The first-order valence-electron chi connectivity index (χ1n) is 12.8. The number of carbonyl (C=O) groups is 1. The van der Waals surface area contributed by atoms with Crippen LogP contribution in [0.1, 0.15) is 44.0 Å². The van der Waals surface area contributed by atoms with Gasteiger partial charge in [-0.05, 0) is 74.0 Å². The molecular formula is C30H27BrClN3O4S. The summed E-state index contributed by atoms with van der Waals surface area (Å²) in [5.41, 5.74) is 3.12. The van der Waals surface area contributed by atoms with Gasteiger partial charge >= 0.3 is 5.97 Å². The molecule has 0 fully saturated rings. The van der Waals surface area contributed by atoms with Crippen molar-refractivity contribution >= 4 is 50.9 Å². The van der Waals surface area contributed by atoms with Gasteiger partial charge in [0.2, 0.25) is 0 Å². The van der Waals surface area contributed by atoms with Crippen LogP contribution < -0.4 is 19.6 Å². The first-order valence-corrected chi connectivity index (χ1v) is 14.8. The van der Waals surface area contributed by atoms with Crippen LogP contribution in [0.15, 0.2) is 86.3 Å². The highest BCUT2D eigenvalue weighted by Gasteiger charge is 2.36. The number of carbonyl (C=O) groups excluding carboxylic acids is 1. The summed E-state index contributed by atoms with van der Waals surface area (Å²) in [6.45, 7) is 3.99. The van der Waals surface area contributed by atoms with E-state index in [1.54, 1.807) is 18.6 Å². The molecule has 4 aromatic rings. The Morgan fingerprint density at radius 1 is 1.18 bits per heavy atom. The van der Waals surface area contributed by atoms with Crippen molar-refractivity contribution in [1.29, 1.82) is 0 Å². The van der Waals surface area contributed by atoms with Gasteiger partial charge in [-0.2, -0.15) is 0 Å². The monoisotopic (exact) mass is 639 g/mol. The van der Waals surface area contributed by atoms with Gasteiger partial charge < -0.3 is 14.0 Å². The van der Waals surface area contributed by atoms with Crippen molar-refractivity contribution in [2.45, 2.75) is 32.7 Å². The van der Waals surface area contributed by atoms with E-state index in [2.05, 4.69) is 15.9 Å². The topological polar surface area (TPSA) is 74.8 Å². The van der Waals surface area contributed by atoms with Crippen molar-refractivity contribution in [2.24, 2.45) is 4.99 Å². The van der Waals surface area contributed by atoms with Crippen LogP contribution in [0.25, 0.3) is 11.8 Å². The minimum Gasteiger partial charge on any atom is -0.496 e. The lowest BCUT2D eigenvalue weighted by Crippen LogP contribution is -2.40. The fourth-order valence-corrected chi connectivity index (χ4v) is 6.33. The number of rotatable bonds is 8. The number of thiazole rings is 1. The van der Waals surface area contributed by atoms with Crippen LogP contribution in [0, 0.1) is 0 Å². The lowest BCUT2D eigenvalue weighted by atomic mass is 9.93. The second-order valence-electron chi connectivity index (χ2n) is 9.08. The second kappa shape index (κ2) is 12.0. The fraction of sp³-hybridized carbons (Fsp3) is 0.233. The van der Waals surface area contributed by atoms with Crippen LogP contribution in [0.4, 0.5) is 0 Å². The summed E-state index contributed by atoms with van der Waals surface area (Å²) >= 11 is 10.9. The maximum Gasteiger partial charge on any atom is 0.338 e. The molecule has 3 heterocycles. The van der Waals surface area contributed by atoms with Crippen molar-refractivity contribution < 1.29 is 14.3 Å². The molecule has 40 heavy (non-hydrogen) atoms. The third-order valence-corrected chi connectivity index (χ3v) is 8.27. The Morgan fingerprint density at radius 3 is 2.65 bits per heavy atom. The third kappa shape index (κ3) is 5.33. The van der Waals surface area contributed by atoms with Crippen molar-refractivity contribution in [3.8, 4) is 11.4 Å². The lowest BCUT2D eigenvalue weighted by molar-refractivity contribution is -0.139. The van der Waals surface area contributed by atoms with E-state index in [4.69, 9.17) is 26.1 Å². The maximum atomic E-state index is 14.1. The van der Waals surface area contributed by atoms with E-state index in [0.29, 0.717) is 43.4 Å². The molecule has 7 nitrogen and oxygen atoms in total. The number of esters is 1. The average Bonchev–Trinajstić information content (AvgIpc) is 3.52. The number of aromatic nitrogens is 2. The van der Waals surface area contributed by atoms with E-state index < -0.39 is 12.0 Å². The van der Waals surface area contributed by atoms with E-state index in [1.165, 1.54) is 11.3 Å². The second-order valence-corrected chi connectivity index (χ2v) is 11.4. The highest BCUT2D eigenvalue weighted by Crippen LogP contribution is 2.38. The van der Waals surface area contributed by atoms with E-state index in [0.717, 1.165) is 22.3 Å². The summed E-state index contributed by atoms with van der Waals surface area (Å²) < 4.78 is 16.0. The molecule has 0 radical (unpaired) electrons. The van der Waals surface area contributed by atoms with Gasteiger partial charge in [0.1, 0.15) is 11.8 Å². The quantitative estimate of drug-likeness (QED) is 0.229. The van der Waals surface area contributed by atoms with Crippen molar-refractivity contribution in [1.82, 2.24) is 9.13 Å². The third-order valence-electron chi connectivity index (χ3n) is 6.54. The van der Waals surface area contributed by atoms with Crippen LogP contribution in [-0.4, -0.2) is 28.8 Å². The summed E-state index contributed by atoms with van der Waals surface area (Å²) in [5, 5.41) is 0.647. The van der Waals surface area contributed by atoms with E-state index in [-0.39, 0.29) is 12.2 Å². The molecule has 2 aromatic heterocycles. The molecule has 1 aliphatic heterocycles. The molecule has 2 aromatic carbocycles. The molecule has 0 bridgehead atoms. The van der Waals surface area contributed by atoms with E-state index in [1.807, 2.05) is 78.4 Å². The molecule has 0 saturated carbocycles. The Labute approximate surface area is 248 Å². The highest BCUT2D eigenvalue weighted by molar-refractivity contribution is 9.10. The lowest BCUT2D eigenvalue weighted by Gasteiger charge is -2.27. The number of benzene rings is 2. The average molecular weight is 641 g/mol. The van der Waals surface area contributed by atoms with Gasteiger partial charge in [-0.1, -0.05) is 52.2 Å². The zero-order chi connectivity index (χ0) is 28.4. The number of hydrogen-bond acceptors (Lipinski definition) is 6. The molecule has 0 unspecified atom stereocenters. The molecule has 1 aliphatic rings. The van der Waals surface area contributed by atoms with Crippen LogP contribution in [-0.2, 0) is 9.53 Å². The van der Waals surface area contributed by atoms with Crippen molar-refractivity contribution in [3.63, 3.8) is 0 Å². The first kappa shape index (κ1) is 28.1. The number of nitrogens with zero attached hydrogens (tertiary/aromatic N) is 3. The van der Waals surface area contributed by atoms with Crippen LogP contribution >= 0.6 is 38.9 Å². The SMILES string of the molecule is CCCC1=C(C(=O)OCC)[C@H](c2cc(Br)ccc2OC)n2c(s/c(=C/c3cccn3-c3ccc(Cl)cc3)c2=O)=N1. The number of allylic oxidation sites excluding steroid dienone is 1. The predicted molar refractivity (Wildman–Crippen MR) is 161 cm³/mol. The Balaban J connectivity index is 1.76. The van der Waals surface area contributed by atoms with Crippen molar-refractivity contribution in [2.75, 3.05) is 13.7 Å². The summed E-state index contributed by atoms with van der Waals surface area (Å²) in [6, 6.07) is 16.1.